The summed E-state index contributed by atoms with van der Waals surface area (Å²) >= 11 is 0. The largest absolute Gasteiger partial charge is 0.494 e. The van der Waals surface area contributed by atoms with Gasteiger partial charge in [0.1, 0.15) is 11.9 Å². The summed E-state index contributed by atoms with van der Waals surface area (Å²) in [4.78, 5) is 22.8. The van der Waals surface area contributed by atoms with Crippen LogP contribution in [0.2, 0.25) is 0 Å². The van der Waals surface area contributed by atoms with Crippen LogP contribution >= 0.6 is 0 Å². The molecule has 6 heteroatoms. The van der Waals surface area contributed by atoms with E-state index in [9.17, 15) is 9.59 Å². The summed E-state index contributed by atoms with van der Waals surface area (Å²) in [6.45, 7) is 2.63. The van der Waals surface area contributed by atoms with E-state index in [-0.39, 0.29) is 5.91 Å². The zero-order valence-electron chi connectivity index (χ0n) is 11.9. The summed E-state index contributed by atoms with van der Waals surface area (Å²) in [7, 11) is 0. The summed E-state index contributed by atoms with van der Waals surface area (Å²) in [6, 6.07) is 7.09. The number of aliphatic carboxylic acids is 1. The van der Waals surface area contributed by atoms with Crippen molar-refractivity contribution in [2.75, 3.05) is 11.9 Å². The van der Waals surface area contributed by atoms with Gasteiger partial charge in [-0.1, -0.05) is 13.0 Å². The van der Waals surface area contributed by atoms with E-state index in [0.717, 1.165) is 6.42 Å². The van der Waals surface area contributed by atoms with Gasteiger partial charge in [-0.05, 0) is 31.4 Å². The molecule has 1 aliphatic heterocycles. The van der Waals surface area contributed by atoms with E-state index in [0.29, 0.717) is 30.9 Å². The molecule has 0 aliphatic carbocycles. The number of anilines is 1. The van der Waals surface area contributed by atoms with Crippen molar-refractivity contribution in [1.29, 1.82) is 0 Å². The van der Waals surface area contributed by atoms with E-state index in [2.05, 4.69) is 5.32 Å². The van der Waals surface area contributed by atoms with E-state index < -0.39 is 18.2 Å². The molecule has 1 aromatic carbocycles. The highest BCUT2D eigenvalue weighted by molar-refractivity contribution is 5.94. The lowest BCUT2D eigenvalue weighted by Crippen LogP contribution is -2.29. The number of ether oxygens (including phenoxy) is 2. The molecule has 1 aromatic rings. The number of carbonyl (C=O) groups excluding carboxylic acids is 1. The maximum absolute atomic E-state index is 12.0. The highest BCUT2D eigenvalue weighted by Crippen LogP contribution is 2.23. The first-order valence-electron chi connectivity index (χ1n) is 7.02. The van der Waals surface area contributed by atoms with Crippen molar-refractivity contribution in [2.45, 2.75) is 38.4 Å². The van der Waals surface area contributed by atoms with Crippen LogP contribution in [0.15, 0.2) is 24.3 Å². The molecule has 114 valence electrons. The molecular formula is C15H19NO5. The highest BCUT2D eigenvalue weighted by Gasteiger charge is 2.34. The van der Waals surface area contributed by atoms with Crippen LogP contribution in [0.1, 0.15) is 26.2 Å². The van der Waals surface area contributed by atoms with Gasteiger partial charge in [0, 0.05) is 11.8 Å². The Morgan fingerprint density at radius 1 is 1.38 bits per heavy atom. The minimum absolute atomic E-state index is 0.327. The first kappa shape index (κ1) is 15.3. The number of carboxylic acids is 1. The zero-order chi connectivity index (χ0) is 15.2. The summed E-state index contributed by atoms with van der Waals surface area (Å²) in [5.41, 5.74) is 0.607. The predicted octanol–water partition coefficient (Wildman–Crippen LogP) is 2.05. The fraction of sp³-hybridized carbons (Fsp3) is 0.467. The molecule has 0 aromatic heterocycles. The molecule has 1 fully saturated rings. The van der Waals surface area contributed by atoms with E-state index in [1.165, 1.54) is 0 Å². The van der Waals surface area contributed by atoms with Crippen molar-refractivity contribution in [3.05, 3.63) is 24.3 Å². The van der Waals surface area contributed by atoms with Gasteiger partial charge in [0.15, 0.2) is 6.10 Å². The molecule has 1 saturated heterocycles. The Kier molecular flexibility index (Phi) is 5.16. The van der Waals surface area contributed by atoms with Gasteiger partial charge in [-0.3, -0.25) is 4.79 Å². The van der Waals surface area contributed by atoms with Crippen molar-refractivity contribution < 1.29 is 24.2 Å². The lowest BCUT2D eigenvalue weighted by molar-refractivity contribution is -0.150. The van der Waals surface area contributed by atoms with Gasteiger partial charge in [-0.25, -0.2) is 4.79 Å². The van der Waals surface area contributed by atoms with E-state index >= 15 is 0 Å². The Bertz CT molecular complexity index is 517. The van der Waals surface area contributed by atoms with Gasteiger partial charge in [0.25, 0.3) is 5.91 Å². The van der Waals surface area contributed by atoms with E-state index in [4.69, 9.17) is 14.6 Å². The highest BCUT2D eigenvalue weighted by atomic mass is 16.5. The lowest BCUT2D eigenvalue weighted by atomic mass is 10.2. The van der Waals surface area contributed by atoms with E-state index in [1.807, 2.05) is 13.0 Å². The standard InChI is InChI=1S/C15H19NO5/c1-2-8-20-11-5-3-4-10(9-11)16-14(17)12-6-7-13(21-12)15(18)19/h3-5,9,12-13H,2,6-8H2,1H3,(H,16,17)(H,18,19). The quantitative estimate of drug-likeness (QED) is 0.838. The van der Waals surface area contributed by atoms with Gasteiger partial charge in [-0.15, -0.1) is 0 Å². The number of hydrogen-bond acceptors (Lipinski definition) is 4. The third-order valence-corrected chi connectivity index (χ3v) is 3.16. The first-order valence-corrected chi connectivity index (χ1v) is 7.02. The molecule has 6 nitrogen and oxygen atoms in total. The third kappa shape index (κ3) is 4.19. The average Bonchev–Trinajstić information content (AvgIpc) is 2.95. The molecule has 1 aliphatic rings. The molecule has 2 unspecified atom stereocenters. The van der Waals surface area contributed by atoms with Crippen LogP contribution < -0.4 is 10.1 Å². The lowest BCUT2D eigenvalue weighted by Gasteiger charge is -2.12. The maximum atomic E-state index is 12.0. The van der Waals surface area contributed by atoms with Crippen LogP contribution in [-0.2, 0) is 14.3 Å². The molecule has 0 radical (unpaired) electrons. The number of nitrogens with one attached hydrogen (secondary N) is 1. The van der Waals surface area contributed by atoms with Crippen molar-refractivity contribution in [3.63, 3.8) is 0 Å². The second-order valence-electron chi connectivity index (χ2n) is 4.89. The van der Waals surface area contributed by atoms with E-state index in [1.54, 1.807) is 18.2 Å². The summed E-state index contributed by atoms with van der Waals surface area (Å²) < 4.78 is 10.7. The topological polar surface area (TPSA) is 84.9 Å². The monoisotopic (exact) mass is 293 g/mol. The Labute approximate surface area is 123 Å². The molecule has 0 spiro atoms. The SMILES string of the molecule is CCCOc1cccc(NC(=O)C2CCC(C(=O)O)O2)c1. The van der Waals surface area contributed by atoms with Crippen LogP contribution in [0.25, 0.3) is 0 Å². The Morgan fingerprint density at radius 3 is 2.81 bits per heavy atom. The fourth-order valence-electron chi connectivity index (χ4n) is 2.12. The number of amides is 1. The molecule has 2 atom stereocenters. The van der Waals surface area contributed by atoms with Crippen LogP contribution in [0.5, 0.6) is 5.75 Å². The Morgan fingerprint density at radius 2 is 2.14 bits per heavy atom. The second-order valence-corrected chi connectivity index (χ2v) is 4.89. The summed E-state index contributed by atoms with van der Waals surface area (Å²) in [6.07, 6.45) is 0.0663. The number of benzene rings is 1. The number of carboxylic acid groups (broad SMARTS) is 1. The third-order valence-electron chi connectivity index (χ3n) is 3.16. The molecule has 0 saturated carbocycles. The van der Waals surface area contributed by atoms with Gasteiger partial charge in [0.2, 0.25) is 0 Å². The molecule has 0 bridgehead atoms. The van der Waals surface area contributed by atoms with Gasteiger partial charge in [-0.2, -0.15) is 0 Å². The molecular weight excluding hydrogens is 274 g/mol. The van der Waals surface area contributed by atoms with Gasteiger partial charge < -0.3 is 19.9 Å². The van der Waals surface area contributed by atoms with Crippen LogP contribution in [0.4, 0.5) is 5.69 Å². The van der Waals surface area contributed by atoms with Crippen molar-refractivity contribution in [2.24, 2.45) is 0 Å². The predicted molar refractivity (Wildman–Crippen MR) is 76.4 cm³/mol. The van der Waals surface area contributed by atoms with Gasteiger partial charge >= 0.3 is 5.97 Å². The minimum atomic E-state index is -1.03. The zero-order valence-corrected chi connectivity index (χ0v) is 11.9. The van der Waals surface area contributed by atoms with Crippen LogP contribution in [0, 0.1) is 0 Å². The molecule has 2 rings (SSSR count). The molecule has 1 amide bonds. The Balaban J connectivity index is 1.92. The van der Waals surface area contributed by atoms with Crippen molar-refractivity contribution >= 4 is 17.6 Å². The second kappa shape index (κ2) is 7.08. The molecule has 2 N–H and O–H groups in total. The minimum Gasteiger partial charge on any atom is -0.494 e. The summed E-state index contributed by atoms with van der Waals surface area (Å²) in [5.74, 6) is -0.669. The smallest absolute Gasteiger partial charge is 0.332 e. The molecule has 1 heterocycles. The maximum Gasteiger partial charge on any atom is 0.332 e. The molecule has 21 heavy (non-hydrogen) atoms. The van der Waals surface area contributed by atoms with Crippen molar-refractivity contribution in [1.82, 2.24) is 0 Å². The normalized spacial score (nSPS) is 21.0. The number of carbonyl (C=O) groups is 2. The number of rotatable bonds is 6. The average molecular weight is 293 g/mol. The summed E-state index contributed by atoms with van der Waals surface area (Å²) in [5, 5.41) is 11.6. The van der Waals surface area contributed by atoms with Crippen molar-refractivity contribution in [3.8, 4) is 5.75 Å². The Hall–Kier alpha value is -2.08. The fourth-order valence-corrected chi connectivity index (χ4v) is 2.12. The van der Waals surface area contributed by atoms with Gasteiger partial charge in [0.05, 0.1) is 6.61 Å². The number of hydrogen-bond donors (Lipinski definition) is 2. The van der Waals surface area contributed by atoms with Crippen LogP contribution in [-0.4, -0.2) is 35.8 Å². The first-order chi connectivity index (χ1) is 10.1. The van der Waals surface area contributed by atoms with Crippen LogP contribution in [0.3, 0.4) is 0 Å².